The van der Waals surface area contributed by atoms with E-state index < -0.39 is 11.9 Å². The van der Waals surface area contributed by atoms with Crippen LogP contribution in [0.1, 0.15) is 41.6 Å². The topological polar surface area (TPSA) is 83.9 Å². The van der Waals surface area contributed by atoms with Crippen LogP contribution in [-0.2, 0) is 6.18 Å². The molecular weight excluding hydrogens is 445 g/mol. The molecule has 0 saturated carbocycles. The van der Waals surface area contributed by atoms with Crippen LogP contribution in [0.4, 0.5) is 19.0 Å². The Balaban J connectivity index is 1.57. The van der Waals surface area contributed by atoms with Crippen LogP contribution in [0.3, 0.4) is 0 Å². The maximum Gasteiger partial charge on any atom is 0.435 e. The van der Waals surface area contributed by atoms with E-state index >= 15 is 0 Å². The molecular formula is C24H25F3N6O. The molecule has 7 nitrogen and oxygen atoms in total. The minimum absolute atomic E-state index is 0.177. The van der Waals surface area contributed by atoms with Gasteiger partial charge in [0, 0.05) is 30.5 Å². The zero-order valence-electron chi connectivity index (χ0n) is 18.9. The van der Waals surface area contributed by atoms with E-state index in [1.165, 1.54) is 6.07 Å². The molecule has 0 bridgehead atoms. The number of alkyl halides is 3. The van der Waals surface area contributed by atoms with Gasteiger partial charge in [-0.2, -0.15) is 13.2 Å². The van der Waals surface area contributed by atoms with Crippen molar-refractivity contribution in [3.8, 4) is 11.3 Å². The molecule has 0 radical (unpaired) electrons. The molecule has 2 atom stereocenters. The quantitative estimate of drug-likeness (QED) is 0.586. The highest BCUT2D eigenvalue weighted by Crippen LogP contribution is 2.29. The number of aryl methyl sites for hydroxylation is 1. The largest absolute Gasteiger partial charge is 0.435 e. The molecule has 2 unspecified atom stereocenters. The predicted octanol–water partition coefficient (Wildman–Crippen LogP) is 4.61. The van der Waals surface area contributed by atoms with Crippen molar-refractivity contribution in [3.05, 3.63) is 65.7 Å². The second kappa shape index (κ2) is 9.74. The molecule has 1 fully saturated rings. The van der Waals surface area contributed by atoms with Gasteiger partial charge in [-0.3, -0.25) is 9.78 Å². The molecule has 4 rings (SSSR count). The number of halogens is 3. The molecule has 178 valence electrons. The third kappa shape index (κ3) is 5.16. The van der Waals surface area contributed by atoms with Crippen LogP contribution in [-0.4, -0.2) is 50.1 Å². The number of carbonyl (C=O) groups excluding carboxylic acids is 1. The van der Waals surface area contributed by atoms with Gasteiger partial charge in [-0.05, 0) is 62.1 Å². The highest BCUT2D eigenvalue weighted by molar-refractivity contribution is 5.99. The average Bonchev–Trinajstić information content (AvgIpc) is 2.83. The van der Waals surface area contributed by atoms with Crippen molar-refractivity contribution >= 4 is 11.7 Å². The van der Waals surface area contributed by atoms with Crippen LogP contribution < -0.4 is 5.32 Å². The summed E-state index contributed by atoms with van der Waals surface area (Å²) in [5.74, 6) is 0.206. The number of piperidine rings is 1. The smallest absolute Gasteiger partial charge is 0.367 e. The lowest BCUT2D eigenvalue weighted by atomic mass is 9.90. The van der Waals surface area contributed by atoms with Gasteiger partial charge in [0.05, 0.1) is 11.7 Å². The number of amides is 1. The number of hydrogen-bond donors (Lipinski definition) is 1. The first-order valence-corrected chi connectivity index (χ1v) is 11.1. The van der Waals surface area contributed by atoms with Crippen molar-refractivity contribution in [1.29, 1.82) is 0 Å². The molecule has 3 aromatic heterocycles. The Hall–Kier alpha value is -3.56. The summed E-state index contributed by atoms with van der Waals surface area (Å²) in [6, 6.07) is 11.2. The molecule has 1 aliphatic heterocycles. The van der Waals surface area contributed by atoms with Crippen LogP contribution in [0.5, 0.6) is 0 Å². The second-order valence-electron chi connectivity index (χ2n) is 8.43. The summed E-state index contributed by atoms with van der Waals surface area (Å²) in [7, 11) is 0. The minimum Gasteiger partial charge on any atom is -0.367 e. The van der Waals surface area contributed by atoms with Crippen LogP contribution >= 0.6 is 0 Å². The average molecular weight is 470 g/mol. The lowest BCUT2D eigenvalue weighted by molar-refractivity contribution is -0.141. The molecule has 1 N–H and O–H groups in total. The highest BCUT2D eigenvalue weighted by Gasteiger charge is 2.35. The van der Waals surface area contributed by atoms with Gasteiger partial charge in [-0.15, -0.1) is 10.2 Å². The number of pyridine rings is 2. The van der Waals surface area contributed by atoms with Gasteiger partial charge in [0.2, 0.25) is 0 Å². The summed E-state index contributed by atoms with van der Waals surface area (Å²) in [4.78, 5) is 24.5. The number of hydrogen-bond acceptors (Lipinski definition) is 6. The first-order valence-electron chi connectivity index (χ1n) is 11.1. The summed E-state index contributed by atoms with van der Waals surface area (Å²) >= 11 is 0. The van der Waals surface area contributed by atoms with Gasteiger partial charge < -0.3 is 10.2 Å². The van der Waals surface area contributed by atoms with E-state index in [9.17, 15) is 18.0 Å². The number of likely N-dealkylation sites (tertiary alicyclic amines) is 1. The number of rotatable bonds is 5. The molecule has 0 aromatic carbocycles. The molecule has 0 spiro atoms. The number of nitrogens with zero attached hydrogens (tertiary/aromatic N) is 5. The van der Waals surface area contributed by atoms with Crippen molar-refractivity contribution in [2.24, 2.45) is 5.92 Å². The van der Waals surface area contributed by atoms with Gasteiger partial charge in [0.25, 0.3) is 5.91 Å². The van der Waals surface area contributed by atoms with E-state index in [0.717, 1.165) is 24.6 Å². The van der Waals surface area contributed by atoms with Crippen molar-refractivity contribution in [3.63, 3.8) is 0 Å². The molecule has 0 aliphatic carbocycles. The Morgan fingerprint density at radius 3 is 2.65 bits per heavy atom. The van der Waals surface area contributed by atoms with Gasteiger partial charge in [-0.1, -0.05) is 13.0 Å². The molecule has 10 heteroatoms. The van der Waals surface area contributed by atoms with Crippen molar-refractivity contribution in [1.82, 2.24) is 25.1 Å². The van der Waals surface area contributed by atoms with Crippen molar-refractivity contribution < 1.29 is 18.0 Å². The fraction of sp³-hybridized carbons (Fsp3) is 0.375. The van der Waals surface area contributed by atoms with E-state index in [4.69, 9.17) is 0 Å². The minimum atomic E-state index is -4.54. The molecule has 1 saturated heterocycles. The normalized spacial score (nSPS) is 18.6. The van der Waals surface area contributed by atoms with E-state index in [2.05, 4.69) is 32.4 Å². The number of carbonyl (C=O) groups is 1. The first-order chi connectivity index (χ1) is 16.2. The van der Waals surface area contributed by atoms with Crippen LogP contribution in [0.15, 0.2) is 48.7 Å². The van der Waals surface area contributed by atoms with Crippen molar-refractivity contribution in [2.45, 2.75) is 38.9 Å². The zero-order chi connectivity index (χ0) is 24.3. The lowest BCUT2D eigenvalue weighted by Crippen LogP contribution is -2.51. The SMILES string of the molecule is Cc1ccc(-c2ccccn2)c(C(=O)N2CCCC(C)C2CNc2ccc(C(F)(F)F)nn2)n1. The van der Waals surface area contributed by atoms with Crippen LogP contribution in [0, 0.1) is 12.8 Å². The zero-order valence-corrected chi connectivity index (χ0v) is 18.9. The van der Waals surface area contributed by atoms with Gasteiger partial charge >= 0.3 is 6.18 Å². The fourth-order valence-corrected chi connectivity index (χ4v) is 4.18. The summed E-state index contributed by atoms with van der Waals surface area (Å²) in [5, 5.41) is 9.95. The summed E-state index contributed by atoms with van der Waals surface area (Å²) in [5.41, 5.74) is 1.34. The van der Waals surface area contributed by atoms with E-state index in [0.29, 0.717) is 30.0 Å². The van der Waals surface area contributed by atoms with Crippen molar-refractivity contribution in [2.75, 3.05) is 18.4 Å². The number of nitrogens with one attached hydrogen (secondary N) is 1. The third-order valence-electron chi connectivity index (χ3n) is 6.00. The Bertz CT molecular complexity index is 1140. The van der Waals surface area contributed by atoms with E-state index in [1.807, 2.05) is 37.3 Å². The van der Waals surface area contributed by atoms with Gasteiger partial charge in [-0.25, -0.2) is 4.98 Å². The molecule has 3 aromatic rings. The monoisotopic (exact) mass is 470 g/mol. The summed E-state index contributed by atoms with van der Waals surface area (Å²) in [6.07, 6.45) is -1.08. The van der Waals surface area contributed by atoms with Crippen LogP contribution in [0.2, 0.25) is 0 Å². The van der Waals surface area contributed by atoms with Gasteiger partial charge in [0.1, 0.15) is 11.5 Å². The lowest BCUT2D eigenvalue weighted by Gasteiger charge is -2.40. The standard InChI is InChI=1S/C24H25F3N6O/c1-15-6-5-13-33(19(15)14-29-21-11-10-20(31-32-21)24(25,26)27)23(34)22-17(9-8-16(2)30-22)18-7-3-4-12-28-18/h3-4,7-12,15,19H,5-6,13-14H2,1-2H3,(H,29,32). The summed E-state index contributed by atoms with van der Waals surface area (Å²) in [6.45, 7) is 4.79. The Labute approximate surface area is 195 Å². The summed E-state index contributed by atoms with van der Waals surface area (Å²) < 4.78 is 38.3. The second-order valence-corrected chi connectivity index (χ2v) is 8.43. The Morgan fingerprint density at radius 1 is 1.15 bits per heavy atom. The van der Waals surface area contributed by atoms with Gasteiger partial charge in [0.15, 0.2) is 5.69 Å². The predicted molar refractivity (Wildman–Crippen MR) is 121 cm³/mol. The molecule has 4 heterocycles. The maximum atomic E-state index is 13.7. The third-order valence-corrected chi connectivity index (χ3v) is 6.00. The Morgan fingerprint density at radius 2 is 1.97 bits per heavy atom. The Kier molecular flexibility index (Phi) is 6.76. The van der Waals surface area contributed by atoms with E-state index in [1.54, 1.807) is 11.1 Å². The maximum absolute atomic E-state index is 13.7. The molecule has 34 heavy (non-hydrogen) atoms. The number of aromatic nitrogens is 4. The molecule has 1 aliphatic rings. The van der Waals surface area contributed by atoms with Crippen LogP contribution in [0.25, 0.3) is 11.3 Å². The number of anilines is 1. The fourth-order valence-electron chi connectivity index (χ4n) is 4.18. The van der Waals surface area contributed by atoms with E-state index in [-0.39, 0.29) is 23.7 Å². The molecule has 1 amide bonds. The first kappa shape index (κ1) is 23.6. The highest BCUT2D eigenvalue weighted by atomic mass is 19.4.